The molecule has 2 heterocycles. The van der Waals surface area contributed by atoms with Crippen LogP contribution >= 0.6 is 0 Å². The molecular formula is C35H48N4O6. The molecular weight excluding hydrogens is 572 g/mol. The lowest BCUT2D eigenvalue weighted by Crippen LogP contribution is -2.62. The number of hydrogen-bond donors (Lipinski definition) is 2. The molecule has 2 aliphatic heterocycles. The predicted octanol–water partition coefficient (Wildman–Crippen LogP) is 4.16. The lowest BCUT2D eigenvalue weighted by molar-refractivity contribution is -0.147. The molecule has 2 aromatic rings. The van der Waals surface area contributed by atoms with Gasteiger partial charge in [0.15, 0.2) is 0 Å². The standard InChI is InChI=1S/C35H48N4O6/c1-24-14-16-26(17-15-24)27-20-38(7)31(42)35(27)18-11-19-39(23-35)29(40)28(22-44-21-25-12-9-8-10-13-25)36-30(41)34(5,6)37-32(43)45-33(2,3)4/h8-10,12-17,27-28H,11,18-23H2,1-7H3,(H,36,41)(H,37,43)/t27?,28-,35?/m1/s1. The van der Waals surface area contributed by atoms with E-state index < -0.39 is 34.6 Å². The third-order valence-electron chi connectivity index (χ3n) is 8.59. The Morgan fingerprint density at radius 2 is 1.69 bits per heavy atom. The van der Waals surface area contributed by atoms with Gasteiger partial charge < -0.3 is 29.9 Å². The average Bonchev–Trinajstić information content (AvgIpc) is 3.20. The first-order valence-electron chi connectivity index (χ1n) is 15.7. The molecule has 0 aromatic heterocycles. The SMILES string of the molecule is Cc1ccc(C2CN(C)C(=O)C23CCCN(C(=O)[C@@H](COCc2ccccc2)NC(=O)C(C)(C)NC(=O)OC(C)(C)C)C3)cc1. The van der Waals surface area contributed by atoms with Crippen LogP contribution in [0.2, 0.25) is 0 Å². The van der Waals surface area contributed by atoms with E-state index in [1.165, 1.54) is 0 Å². The number of piperidine rings is 1. The molecule has 1 spiro atoms. The minimum absolute atomic E-state index is 0.0363. The molecule has 0 radical (unpaired) electrons. The number of ether oxygens (including phenoxy) is 2. The fraction of sp³-hybridized carbons (Fsp3) is 0.543. The maximum absolute atomic E-state index is 14.2. The Labute approximate surface area is 266 Å². The van der Waals surface area contributed by atoms with Crippen molar-refractivity contribution in [2.75, 3.05) is 33.3 Å². The number of alkyl carbamates (subject to hydrolysis) is 1. The second-order valence-electron chi connectivity index (χ2n) is 13.9. The van der Waals surface area contributed by atoms with Crippen LogP contribution in [0.1, 0.15) is 70.1 Å². The van der Waals surface area contributed by atoms with Crippen molar-refractivity contribution in [3.8, 4) is 0 Å². The summed E-state index contributed by atoms with van der Waals surface area (Å²) in [4.78, 5) is 57.5. The smallest absolute Gasteiger partial charge is 0.408 e. The minimum Gasteiger partial charge on any atom is -0.444 e. The fourth-order valence-corrected chi connectivity index (χ4v) is 6.23. The van der Waals surface area contributed by atoms with Crippen LogP contribution in [-0.4, -0.2) is 84.1 Å². The molecule has 2 fully saturated rings. The van der Waals surface area contributed by atoms with E-state index >= 15 is 0 Å². The van der Waals surface area contributed by atoms with Gasteiger partial charge in [-0.05, 0) is 65.5 Å². The van der Waals surface area contributed by atoms with E-state index in [9.17, 15) is 19.2 Å². The topological polar surface area (TPSA) is 117 Å². The van der Waals surface area contributed by atoms with Crippen molar-refractivity contribution in [2.24, 2.45) is 5.41 Å². The number of aryl methyl sites for hydroxylation is 1. The summed E-state index contributed by atoms with van der Waals surface area (Å²) in [6.07, 6.45) is 0.590. The fourth-order valence-electron chi connectivity index (χ4n) is 6.23. The van der Waals surface area contributed by atoms with E-state index in [0.717, 1.165) is 16.7 Å². The van der Waals surface area contributed by atoms with Gasteiger partial charge in [-0.3, -0.25) is 14.4 Å². The molecule has 4 rings (SSSR count). The molecule has 0 aliphatic carbocycles. The normalized spacial score (nSPS) is 21.0. The molecule has 4 amide bonds. The molecule has 2 aliphatic rings. The molecule has 2 saturated heterocycles. The van der Waals surface area contributed by atoms with Crippen LogP contribution in [0.15, 0.2) is 54.6 Å². The number of carbonyl (C=O) groups excluding carboxylic acids is 4. The molecule has 2 unspecified atom stereocenters. The lowest BCUT2D eigenvalue weighted by Gasteiger charge is -2.43. The first-order valence-corrected chi connectivity index (χ1v) is 15.7. The summed E-state index contributed by atoms with van der Waals surface area (Å²) in [5, 5.41) is 5.44. The maximum Gasteiger partial charge on any atom is 0.408 e. The summed E-state index contributed by atoms with van der Waals surface area (Å²) in [6, 6.07) is 16.8. The van der Waals surface area contributed by atoms with Crippen LogP contribution in [0, 0.1) is 12.3 Å². The monoisotopic (exact) mass is 620 g/mol. The van der Waals surface area contributed by atoms with Gasteiger partial charge in [-0.2, -0.15) is 0 Å². The quantitative estimate of drug-likeness (QED) is 0.435. The number of amides is 4. The molecule has 10 nitrogen and oxygen atoms in total. The van der Waals surface area contributed by atoms with Crippen molar-refractivity contribution < 1.29 is 28.7 Å². The van der Waals surface area contributed by atoms with Gasteiger partial charge in [0.2, 0.25) is 17.7 Å². The molecule has 0 bridgehead atoms. The van der Waals surface area contributed by atoms with Crippen LogP contribution in [-0.2, 0) is 30.5 Å². The lowest BCUT2D eigenvalue weighted by atomic mass is 9.69. The number of benzene rings is 2. The van der Waals surface area contributed by atoms with Crippen molar-refractivity contribution in [3.63, 3.8) is 0 Å². The van der Waals surface area contributed by atoms with Gasteiger partial charge in [0.05, 0.1) is 18.6 Å². The van der Waals surface area contributed by atoms with E-state index in [1.807, 2.05) is 44.3 Å². The molecule has 3 atom stereocenters. The van der Waals surface area contributed by atoms with Crippen LogP contribution in [0.25, 0.3) is 0 Å². The Bertz CT molecular complexity index is 1370. The van der Waals surface area contributed by atoms with Gasteiger partial charge in [0.1, 0.15) is 17.2 Å². The van der Waals surface area contributed by atoms with E-state index in [4.69, 9.17) is 9.47 Å². The van der Waals surface area contributed by atoms with Crippen LogP contribution in [0.5, 0.6) is 0 Å². The molecule has 45 heavy (non-hydrogen) atoms. The number of hydrogen-bond acceptors (Lipinski definition) is 6. The number of carbonyl (C=O) groups is 4. The number of nitrogens with one attached hydrogen (secondary N) is 2. The van der Waals surface area contributed by atoms with Crippen molar-refractivity contribution in [2.45, 2.75) is 84.1 Å². The molecule has 0 saturated carbocycles. The zero-order valence-electron chi connectivity index (χ0n) is 27.6. The van der Waals surface area contributed by atoms with Gasteiger partial charge in [0.25, 0.3) is 0 Å². The molecule has 244 valence electrons. The second kappa shape index (κ2) is 13.6. The number of rotatable bonds is 9. The third kappa shape index (κ3) is 8.22. The largest absolute Gasteiger partial charge is 0.444 e. The van der Waals surface area contributed by atoms with E-state index in [-0.39, 0.29) is 37.5 Å². The Morgan fingerprint density at radius 1 is 1.02 bits per heavy atom. The Kier molecular flexibility index (Phi) is 10.3. The summed E-state index contributed by atoms with van der Waals surface area (Å²) in [5.74, 6) is -0.913. The first kappa shape index (κ1) is 34.0. The maximum atomic E-state index is 14.2. The van der Waals surface area contributed by atoms with Crippen LogP contribution < -0.4 is 10.6 Å². The zero-order valence-corrected chi connectivity index (χ0v) is 27.6. The molecule has 2 aromatic carbocycles. The van der Waals surface area contributed by atoms with Crippen molar-refractivity contribution >= 4 is 23.8 Å². The highest BCUT2D eigenvalue weighted by molar-refractivity contribution is 5.94. The highest BCUT2D eigenvalue weighted by Gasteiger charge is 2.56. The zero-order chi connectivity index (χ0) is 33.0. The summed E-state index contributed by atoms with van der Waals surface area (Å²) in [7, 11) is 1.82. The van der Waals surface area contributed by atoms with Crippen molar-refractivity contribution in [1.29, 1.82) is 0 Å². The van der Waals surface area contributed by atoms with E-state index in [0.29, 0.717) is 25.9 Å². The third-order valence-corrected chi connectivity index (χ3v) is 8.59. The highest BCUT2D eigenvalue weighted by Crippen LogP contribution is 2.49. The summed E-state index contributed by atoms with van der Waals surface area (Å²) >= 11 is 0. The number of likely N-dealkylation sites (N-methyl/N-ethyl adjacent to an activating group) is 1. The Hall–Kier alpha value is -3.92. The van der Waals surface area contributed by atoms with Gasteiger partial charge in [-0.1, -0.05) is 60.2 Å². The molecule has 2 N–H and O–H groups in total. The predicted molar refractivity (Wildman–Crippen MR) is 171 cm³/mol. The summed E-state index contributed by atoms with van der Waals surface area (Å²) in [5.41, 5.74) is 0.272. The highest BCUT2D eigenvalue weighted by atomic mass is 16.6. The average molecular weight is 621 g/mol. The minimum atomic E-state index is -1.38. The molecule has 10 heteroatoms. The van der Waals surface area contributed by atoms with Gasteiger partial charge in [-0.25, -0.2) is 4.79 Å². The Morgan fingerprint density at radius 3 is 2.33 bits per heavy atom. The van der Waals surface area contributed by atoms with Gasteiger partial charge in [0, 0.05) is 32.6 Å². The summed E-state index contributed by atoms with van der Waals surface area (Å²) in [6.45, 7) is 11.8. The van der Waals surface area contributed by atoms with E-state index in [1.54, 1.807) is 44.4 Å². The van der Waals surface area contributed by atoms with Gasteiger partial charge in [-0.15, -0.1) is 0 Å². The summed E-state index contributed by atoms with van der Waals surface area (Å²) < 4.78 is 11.3. The van der Waals surface area contributed by atoms with Crippen molar-refractivity contribution in [1.82, 2.24) is 20.4 Å². The number of likely N-dealkylation sites (tertiary alicyclic amines) is 2. The van der Waals surface area contributed by atoms with Crippen LogP contribution in [0.3, 0.4) is 0 Å². The van der Waals surface area contributed by atoms with Crippen LogP contribution in [0.4, 0.5) is 4.79 Å². The first-order chi connectivity index (χ1) is 21.1. The Balaban J connectivity index is 1.55. The van der Waals surface area contributed by atoms with Crippen molar-refractivity contribution in [3.05, 3.63) is 71.3 Å². The second-order valence-corrected chi connectivity index (χ2v) is 13.9. The van der Waals surface area contributed by atoms with E-state index in [2.05, 4.69) is 34.9 Å². The number of nitrogens with zero attached hydrogens (tertiary/aromatic N) is 2. The van der Waals surface area contributed by atoms with Gasteiger partial charge >= 0.3 is 6.09 Å².